The van der Waals surface area contributed by atoms with E-state index in [1.165, 1.54) is 6.07 Å². The van der Waals surface area contributed by atoms with Crippen molar-refractivity contribution in [1.82, 2.24) is 0 Å². The molecular weight excluding hydrogens is 254 g/mol. The van der Waals surface area contributed by atoms with Gasteiger partial charge in [-0.1, -0.05) is 24.3 Å². The number of amides is 1. The summed E-state index contributed by atoms with van der Waals surface area (Å²) in [6.45, 7) is 0.497. The highest BCUT2D eigenvalue weighted by atomic mass is 16.5. The van der Waals surface area contributed by atoms with Gasteiger partial charge in [0.05, 0.1) is 6.61 Å². The lowest BCUT2D eigenvalue weighted by atomic mass is 10.2. The smallest absolute Gasteiger partial charge is 0.224 e. The Morgan fingerprint density at radius 3 is 2.65 bits per heavy atom. The number of rotatable bonds is 6. The lowest BCUT2D eigenvalue weighted by Crippen LogP contribution is -2.12. The molecule has 20 heavy (non-hydrogen) atoms. The molecule has 0 bridgehead atoms. The highest BCUT2D eigenvalue weighted by Gasteiger charge is 2.03. The van der Waals surface area contributed by atoms with Crippen LogP contribution in [0.1, 0.15) is 12.8 Å². The summed E-state index contributed by atoms with van der Waals surface area (Å²) in [4.78, 5) is 11.7. The number of phenols is 1. The summed E-state index contributed by atoms with van der Waals surface area (Å²) in [7, 11) is 0. The van der Waals surface area contributed by atoms with Crippen molar-refractivity contribution in [1.29, 1.82) is 0 Å². The molecule has 0 aromatic heterocycles. The number of aromatic hydroxyl groups is 1. The largest absolute Gasteiger partial charge is 0.508 e. The van der Waals surface area contributed by atoms with Crippen LogP contribution in [0.5, 0.6) is 11.5 Å². The molecule has 0 spiro atoms. The topological polar surface area (TPSA) is 58.6 Å². The van der Waals surface area contributed by atoms with E-state index in [2.05, 4.69) is 5.32 Å². The van der Waals surface area contributed by atoms with E-state index in [4.69, 9.17) is 4.74 Å². The van der Waals surface area contributed by atoms with Gasteiger partial charge >= 0.3 is 0 Å². The van der Waals surface area contributed by atoms with Crippen molar-refractivity contribution in [3.05, 3.63) is 54.6 Å². The van der Waals surface area contributed by atoms with Crippen LogP contribution in [0, 0.1) is 0 Å². The molecule has 0 fully saturated rings. The van der Waals surface area contributed by atoms with Crippen molar-refractivity contribution in [3.63, 3.8) is 0 Å². The summed E-state index contributed by atoms with van der Waals surface area (Å²) in [5.74, 6) is 0.850. The third kappa shape index (κ3) is 4.65. The zero-order valence-corrected chi connectivity index (χ0v) is 11.1. The van der Waals surface area contributed by atoms with Crippen LogP contribution in [0.4, 0.5) is 5.69 Å². The van der Waals surface area contributed by atoms with Crippen LogP contribution in [0.15, 0.2) is 54.6 Å². The van der Waals surface area contributed by atoms with E-state index in [1.807, 2.05) is 30.3 Å². The number of hydrogen-bond donors (Lipinski definition) is 2. The van der Waals surface area contributed by atoms with Crippen molar-refractivity contribution in [2.24, 2.45) is 0 Å². The molecule has 0 atom stereocenters. The van der Waals surface area contributed by atoms with Gasteiger partial charge in [0.2, 0.25) is 5.91 Å². The normalized spacial score (nSPS) is 10.0. The molecule has 2 aromatic rings. The first kappa shape index (κ1) is 13.9. The Hall–Kier alpha value is -2.49. The number of carbonyl (C=O) groups excluding carboxylic acids is 1. The molecule has 4 heteroatoms. The molecule has 0 heterocycles. The number of nitrogens with one attached hydrogen (secondary N) is 1. The number of para-hydroxylation sites is 1. The van der Waals surface area contributed by atoms with Gasteiger partial charge in [0.15, 0.2) is 0 Å². The van der Waals surface area contributed by atoms with Crippen LogP contribution in [0.25, 0.3) is 0 Å². The van der Waals surface area contributed by atoms with E-state index in [-0.39, 0.29) is 11.7 Å². The Balaban J connectivity index is 1.68. The lowest BCUT2D eigenvalue weighted by molar-refractivity contribution is -0.116. The second-order valence-electron chi connectivity index (χ2n) is 4.36. The van der Waals surface area contributed by atoms with Crippen molar-refractivity contribution < 1.29 is 14.6 Å². The molecule has 2 aromatic carbocycles. The predicted molar refractivity (Wildman–Crippen MR) is 77.9 cm³/mol. The van der Waals surface area contributed by atoms with Gasteiger partial charge in [0.1, 0.15) is 11.5 Å². The fourth-order valence-corrected chi connectivity index (χ4v) is 1.75. The molecule has 0 saturated carbocycles. The quantitative estimate of drug-likeness (QED) is 0.793. The van der Waals surface area contributed by atoms with Crippen LogP contribution in [-0.2, 0) is 4.79 Å². The predicted octanol–water partition coefficient (Wildman–Crippen LogP) is 3.19. The van der Waals surface area contributed by atoms with Gasteiger partial charge in [-0.3, -0.25) is 4.79 Å². The summed E-state index contributed by atoms with van der Waals surface area (Å²) < 4.78 is 5.51. The number of carbonyl (C=O) groups is 1. The van der Waals surface area contributed by atoms with Crippen LogP contribution in [0.2, 0.25) is 0 Å². The molecule has 0 aliphatic heterocycles. The van der Waals surface area contributed by atoms with Crippen LogP contribution < -0.4 is 10.1 Å². The summed E-state index contributed by atoms with van der Waals surface area (Å²) in [5.41, 5.74) is 0.596. The SMILES string of the molecule is O=C(CCCOc1ccccc1)Nc1cccc(O)c1. The molecule has 0 radical (unpaired) electrons. The summed E-state index contributed by atoms with van der Waals surface area (Å²) >= 11 is 0. The maximum Gasteiger partial charge on any atom is 0.224 e. The van der Waals surface area contributed by atoms with Gasteiger partial charge in [-0.15, -0.1) is 0 Å². The number of hydrogen-bond acceptors (Lipinski definition) is 3. The minimum atomic E-state index is -0.0905. The van der Waals surface area contributed by atoms with Gasteiger partial charge in [-0.2, -0.15) is 0 Å². The van der Waals surface area contributed by atoms with E-state index in [0.29, 0.717) is 25.1 Å². The molecule has 2 N–H and O–H groups in total. The van der Waals surface area contributed by atoms with Crippen LogP contribution in [-0.4, -0.2) is 17.6 Å². The zero-order chi connectivity index (χ0) is 14.2. The fourth-order valence-electron chi connectivity index (χ4n) is 1.75. The second-order valence-corrected chi connectivity index (χ2v) is 4.36. The van der Waals surface area contributed by atoms with Gasteiger partial charge in [0, 0.05) is 18.2 Å². The third-order valence-corrected chi connectivity index (χ3v) is 2.69. The minimum Gasteiger partial charge on any atom is -0.508 e. The third-order valence-electron chi connectivity index (χ3n) is 2.69. The van der Waals surface area contributed by atoms with E-state index in [1.54, 1.807) is 18.2 Å². The first-order valence-electron chi connectivity index (χ1n) is 6.51. The van der Waals surface area contributed by atoms with Gasteiger partial charge < -0.3 is 15.2 Å². The van der Waals surface area contributed by atoms with Gasteiger partial charge in [-0.25, -0.2) is 0 Å². The van der Waals surface area contributed by atoms with Crippen LogP contribution >= 0.6 is 0 Å². The van der Waals surface area contributed by atoms with Crippen molar-refractivity contribution >= 4 is 11.6 Å². The summed E-state index contributed by atoms with van der Waals surface area (Å²) in [6.07, 6.45) is 1.02. The Morgan fingerprint density at radius 1 is 1.10 bits per heavy atom. The number of phenolic OH excluding ortho intramolecular Hbond substituents is 1. The molecular formula is C16H17NO3. The average molecular weight is 271 g/mol. The first-order chi connectivity index (χ1) is 9.74. The maximum absolute atomic E-state index is 11.7. The Bertz CT molecular complexity index is 555. The van der Waals surface area contributed by atoms with E-state index >= 15 is 0 Å². The summed E-state index contributed by atoms with van der Waals surface area (Å²) in [6, 6.07) is 16.0. The molecule has 0 saturated heterocycles. The number of anilines is 1. The van der Waals surface area contributed by atoms with E-state index in [9.17, 15) is 9.90 Å². The molecule has 1 amide bonds. The average Bonchev–Trinajstić information content (AvgIpc) is 2.45. The summed E-state index contributed by atoms with van der Waals surface area (Å²) in [5, 5.41) is 12.0. The molecule has 0 unspecified atom stereocenters. The Morgan fingerprint density at radius 2 is 1.90 bits per heavy atom. The van der Waals surface area contributed by atoms with Gasteiger partial charge in [0.25, 0.3) is 0 Å². The molecule has 2 rings (SSSR count). The zero-order valence-electron chi connectivity index (χ0n) is 11.1. The molecule has 104 valence electrons. The van der Waals surface area contributed by atoms with Gasteiger partial charge in [-0.05, 0) is 30.7 Å². The standard InChI is InChI=1S/C16H17NO3/c18-14-7-4-6-13(12-14)17-16(19)10-5-11-20-15-8-2-1-3-9-15/h1-4,6-9,12,18H,5,10-11H2,(H,17,19). The second kappa shape index (κ2) is 7.19. The maximum atomic E-state index is 11.7. The Kier molecular flexibility index (Phi) is 5.00. The minimum absolute atomic E-state index is 0.0905. The van der Waals surface area contributed by atoms with Crippen molar-refractivity contribution in [2.75, 3.05) is 11.9 Å². The monoisotopic (exact) mass is 271 g/mol. The fraction of sp³-hybridized carbons (Fsp3) is 0.188. The van der Waals surface area contributed by atoms with Crippen molar-refractivity contribution in [3.8, 4) is 11.5 Å². The number of ether oxygens (including phenoxy) is 1. The van der Waals surface area contributed by atoms with Crippen LogP contribution in [0.3, 0.4) is 0 Å². The highest BCUT2D eigenvalue weighted by Crippen LogP contribution is 2.15. The highest BCUT2D eigenvalue weighted by molar-refractivity contribution is 5.90. The van der Waals surface area contributed by atoms with E-state index in [0.717, 1.165) is 5.75 Å². The van der Waals surface area contributed by atoms with E-state index < -0.39 is 0 Å². The Labute approximate surface area is 118 Å². The molecule has 0 aliphatic rings. The molecule has 0 aliphatic carbocycles. The number of benzene rings is 2. The molecule has 4 nitrogen and oxygen atoms in total. The first-order valence-corrected chi connectivity index (χ1v) is 6.51. The van der Waals surface area contributed by atoms with Crippen molar-refractivity contribution in [2.45, 2.75) is 12.8 Å². The lowest BCUT2D eigenvalue weighted by Gasteiger charge is -2.07.